The van der Waals surface area contributed by atoms with Gasteiger partial charge in [-0.25, -0.2) is 0 Å². The van der Waals surface area contributed by atoms with E-state index in [1.807, 2.05) is 0 Å². The molecule has 0 aliphatic carbocycles. The molecule has 1 N–H and O–H groups in total. The lowest BCUT2D eigenvalue weighted by molar-refractivity contribution is 0.187. The predicted molar refractivity (Wildman–Crippen MR) is 78.4 cm³/mol. The zero-order valence-corrected chi connectivity index (χ0v) is 11.6. The Bertz CT molecular complexity index is 378. The van der Waals surface area contributed by atoms with Gasteiger partial charge < -0.3 is 10.1 Å². The number of nitrogens with one attached hydrogen (secondary N) is 1. The van der Waals surface area contributed by atoms with E-state index in [9.17, 15) is 0 Å². The Kier molecular flexibility index (Phi) is 4.36. The van der Waals surface area contributed by atoms with Crippen molar-refractivity contribution in [2.75, 3.05) is 38.2 Å². The van der Waals surface area contributed by atoms with Crippen LogP contribution < -0.4 is 5.32 Å². The first-order valence-electron chi connectivity index (χ1n) is 7.53. The van der Waals surface area contributed by atoms with Gasteiger partial charge in [-0.15, -0.1) is 0 Å². The number of anilines is 1. The molecule has 2 aliphatic rings. The molecule has 2 heterocycles. The van der Waals surface area contributed by atoms with E-state index in [4.69, 9.17) is 4.74 Å². The number of hydrogen-bond donors (Lipinski definition) is 1. The van der Waals surface area contributed by atoms with Crippen molar-refractivity contribution in [3.05, 3.63) is 29.8 Å². The first-order valence-corrected chi connectivity index (χ1v) is 7.53. The summed E-state index contributed by atoms with van der Waals surface area (Å²) in [5.74, 6) is 0.685. The summed E-state index contributed by atoms with van der Waals surface area (Å²) in [6.07, 6.45) is 3.92. The molecule has 3 heteroatoms. The van der Waals surface area contributed by atoms with Gasteiger partial charge in [-0.3, -0.25) is 4.90 Å². The molecular formula is C16H24N2O. The minimum Gasteiger partial charge on any atom is -0.385 e. The Morgan fingerprint density at radius 3 is 2.63 bits per heavy atom. The molecule has 0 amide bonds. The van der Waals surface area contributed by atoms with Crippen LogP contribution in [0.3, 0.4) is 0 Å². The summed E-state index contributed by atoms with van der Waals surface area (Å²) in [4.78, 5) is 2.54. The standard InChI is InChI=1S/C16H24N2O/c1-2-9-18(8-1)12-14-3-5-16(6-4-14)17-11-15-7-10-19-13-15/h3-6,15,17H,1-2,7-13H2. The Balaban J connectivity index is 1.47. The van der Waals surface area contributed by atoms with Gasteiger partial charge in [-0.05, 0) is 50.0 Å². The van der Waals surface area contributed by atoms with Crippen molar-refractivity contribution in [2.45, 2.75) is 25.8 Å². The topological polar surface area (TPSA) is 24.5 Å². The Labute approximate surface area is 115 Å². The van der Waals surface area contributed by atoms with Crippen LogP contribution in [0.25, 0.3) is 0 Å². The molecule has 0 aromatic heterocycles. The van der Waals surface area contributed by atoms with Crippen molar-refractivity contribution in [3.63, 3.8) is 0 Å². The summed E-state index contributed by atoms with van der Waals surface area (Å²) in [6, 6.07) is 8.93. The first-order chi connectivity index (χ1) is 9.40. The molecular weight excluding hydrogens is 236 g/mol. The van der Waals surface area contributed by atoms with Crippen LogP contribution in [0.15, 0.2) is 24.3 Å². The van der Waals surface area contributed by atoms with Gasteiger partial charge in [0.15, 0.2) is 0 Å². The number of nitrogens with zero attached hydrogens (tertiary/aromatic N) is 1. The van der Waals surface area contributed by atoms with E-state index in [0.29, 0.717) is 5.92 Å². The highest BCUT2D eigenvalue weighted by Gasteiger charge is 2.15. The number of hydrogen-bond acceptors (Lipinski definition) is 3. The highest BCUT2D eigenvalue weighted by atomic mass is 16.5. The Morgan fingerprint density at radius 1 is 1.16 bits per heavy atom. The smallest absolute Gasteiger partial charge is 0.0511 e. The molecule has 0 bridgehead atoms. The molecule has 2 aliphatic heterocycles. The van der Waals surface area contributed by atoms with Gasteiger partial charge >= 0.3 is 0 Å². The lowest BCUT2D eigenvalue weighted by atomic mass is 10.1. The minimum atomic E-state index is 0.685. The quantitative estimate of drug-likeness (QED) is 0.881. The molecule has 3 rings (SSSR count). The summed E-state index contributed by atoms with van der Waals surface area (Å²) in [6.45, 7) is 6.52. The third-order valence-corrected chi connectivity index (χ3v) is 4.18. The van der Waals surface area contributed by atoms with E-state index in [1.54, 1.807) is 0 Å². The Hall–Kier alpha value is -1.06. The molecule has 1 atom stereocenters. The van der Waals surface area contributed by atoms with Gasteiger partial charge in [0.25, 0.3) is 0 Å². The largest absolute Gasteiger partial charge is 0.385 e. The number of benzene rings is 1. The van der Waals surface area contributed by atoms with Gasteiger partial charge in [0.05, 0.1) is 6.61 Å². The SMILES string of the molecule is c1cc(NCC2CCOC2)ccc1CN1CCCC1. The predicted octanol–water partition coefficient (Wildman–Crippen LogP) is 2.73. The van der Waals surface area contributed by atoms with Crippen LogP contribution in [0.5, 0.6) is 0 Å². The van der Waals surface area contributed by atoms with Crippen LogP contribution in [0.1, 0.15) is 24.8 Å². The highest BCUT2D eigenvalue weighted by molar-refractivity contribution is 5.44. The normalized spacial score (nSPS) is 23.9. The van der Waals surface area contributed by atoms with Crippen molar-refractivity contribution in [2.24, 2.45) is 5.92 Å². The van der Waals surface area contributed by atoms with Crippen molar-refractivity contribution in [1.82, 2.24) is 4.90 Å². The number of likely N-dealkylation sites (tertiary alicyclic amines) is 1. The summed E-state index contributed by atoms with van der Waals surface area (Å²) in [5.41, 5.74) is 2.66. The molecule has 0 radical (unpaired) electrons. The second-order valence-corrected chi connectivity index (χ2v) is 5.79. The molecule has 1 unspecified atom stereocenters. The zero-order chi connectivity index (χ0) is 12.9. The lowest BCUT2D eigenvalue weighted by Crippen LogP contribution is -2.18. The third kappa shape index (κ3) is 3.71. The van der Waals surface area contributed by atoms with Crippen LogP contribution in [-0.4, -0.2) is 37.7 Å². The molecule has 0 saturated carbocycles. The van der Waals surface area contributed by atoms with Crippen molar-refractivity contribution >= 4 is 5.69 Å². The fraction of sp³-hybridized carbons (Fsp3) is 0.625. The van der Waals surface area contributed by atoms with Crippen LogP contribution in [0, 0.1) is 5.92 Å². The fourth-order valence-corrected chi connectivity index (χ4v) is 2.93. The van der Waals surface area contributed by atoms with Crippen LogP contribution in [-0.2, 0) is 11.3 Å². The highest BCUT2D eigenvalue weighted by Crippen LogP contribution is 2.17. The van der Waals surface area contributed by atoms with Crippen LogP contribution >= 0.6 is 0 Å². The third-order valence-electron chi connectivity index (χ3n) is 4.18. The summed E-state index contributed by atoms with van der Waals surface area (Å²) in [5, 5.41) is 3.51. The maximum atomic E-state index is 5.39. The fourth-order valence-electron chi connectivity index (χ4n) is 2.93. The maximum Gasteiger partial charge on any atom is 0.0511 e. The number of rotatable bonds is 5. The minimum absolute atomic E-state index is 0.685. The summed E-state index contributed by atoms with van der Waals surface area (Å²) >= 11 is 0. The second kappa shape index (κ2) is 6.40. The monoisotopic (exact) mass is 260 g/mol. The number of ether oxygens (including phenoxy) is 1. The summed E-state index contributed by atoms with van der Waals surface area (Å²) in [7, 11) is 0. The van der Waals surface area contributed by atoms with E-state index < -0.39 is 0 Å². The maximum absolute atomic E-state index is 5.39. The second-order valence-electron chi connectivity index (χ2n) is 5.79. The van der Waals surface area contributed by atoms with Crippen LogP contribution in [0.4, 0.5) is 5.69 Å². The van der Waals surface area contributed by atoms with Crippen molar-refractivity contribution in [3.8, 4) is 0 Å². The molecule has 0 spiro atoms. The van der Waals surface area contributed by atoms with Gasteiger partial charge in [0, 0.05) is 31.3 Å². The molecule has 2 fully saturated rings. The van der Waals surface area contributed by atoms with E-state index in [1.165, 1.54) is 43.6 Å². The average molecular weight is 260 g/mol. The molecule has 3 nitrogen and oxygen atoms in total. The molecule has 104 valence electrons. The Morgan fingerprint density at radius 2 is 1.95 bits per heavy atom. The van der Waals surface area contributed by atoms with Crippen molar-refractivity contribution in [1.29, 1.82) is 0 Å². The van der Waals surface area contributed by atoms with Gasteiger partial charge in [0.1, 0.15) is 0 Å². The lowest BCUT2D eigenvalue weighted by Gasteiger charge is -2.15. The molecule has 2 saturated heterocycles. The molecule has 1 aromatic rings. The van der Waals surface area contributed by atoms with Gasteiger partial charge in [0.2, 0.25) is 0 Å². The summed E-state index contributed by atoms with van der Waals surface area (Å²) < 4.78 is 5.39. The van der Waals surface area contributed by atoms with E-state index in [0.717, 1.165) is 26.3 Å². The first kappa shape index (κ1) is 12.9. The van der Waals surface area contributed by atoms with Crippen molar-refractivity contribution < 1.29 is 4.74 Å². The molecule has 1 aromatic carbocycles. The van der Waals surface area contributed by atoms with E-state index in [2.05, 4.69) is 34.5 Å². The van der Waals surface area contributed by atoms with Crippen LogP contribution in [0.2, 0.25) is 0 Å². The zero-order valence-electron chi connectivity index (χ0n) is 11.6. The van der Waals surface area contributed by atoms with E-state index >= 15 is 0 Å². The van der Waals surface area contributed by atoms with Gasteiger partial charge in [-0.1, -0.05) is 12.1 Å². The van der Waals surface area contributed by atoms with Gasteiger partial charge in [-0.2, -0.15) is 0 Å². The average Bonchev–Trinajstić information content (AvgIpc) is 3.11. The molecule has 19 heavy (non-hydrogen) atoms. The van der Waals surface area contributed by atoms with E-state index in [-0.39, 0.29) is 0 Å².